The summed E-state index contributed by atoms with van der Waals surface area (Å²) in [5.74, 6) is -3.03. The molecule has 9 N–H and O–H groups in total. The number of carboxylic acids is 2. The van der Waals surface area contributed by atoms with Gasteiger partial charge < -0.3 is 71.1 Å². The third-order valence-corrected chi connectivity index (χ3v) is 15.4. The van der Waals surface area contributed by atoms with Gasteiger partial charge in [0.1, 0.15) is 35.4 Å². The molecule has 25 nitrogen and oxygen atoms in total. The fourth-order valence-electron chi connectivity index (χ4n) is 10.9. The molecule has 474 valence electrons. The van der Waals surface area contributed by atoms with Crippen molar-refractivity contribution in [2.75, 3.05) is 50.9 Å². The maximum atomic E-state index is 13.8. The van der Waals surface area contributed by atoms with E-state index < -0.39 is 60.5 Å². The number of H-pyrrole nitrogens is 2. The first kappa shape index (κ1) is 65.4. The Balaban J connectivity index is 0.756. The summed E-state index contributed by atoms with van der Waals surface area (Å²) in [7, 11) is 3.36. The van der Waals surface area contributed by atoms with Gasteiger partial charge in [-0.2, -0.15) is 0 Å². The molecular weight excluding hydrogens is 1140 g/mol. The zero-order valence-electron chi connectivity index (χ0n) is 51.1. The van der Waals surface area contributed by atoms with Crippen LogP contribution in [0.3, 0.4) is 0 Å². The Morgan fingerprint density at radius 2 is 1.08 bits per heavy atom. The first-order chi connectivity index (χ1) is 42.6. The average Bonchev–Trinajstić information content (AvgIpc) is 2.76. The molecule has 0 fully saturated rings. The van der Waals surface area contributed by atoms with Crippen molar-refractivity contribution < 1.29 is 58.1 Å². The third kappa shape index (κ3) is 18.7. The van der Waals surface area contributed by atoms with E-state index in [2.05, 4.69) is 46.5 Å². The van der Waals surface area contributed by atoms with Crippen LogP contribution >= 0.6 is 0 Å². The van der Waals surface area contributed by atoms with E-state index in [-0.39, 0.29) is 75.1 Å². The summed E-state index contributed by atoms with van der Waals surface area (Å²) in [5.41, 5.74) is 5.78. The highest BCUT2D eigenvalue weighted by molar-refractivity contribution is 5.97. The Morgan fingerprint density at radius 1 is 0.629 bits per heavy atom. The topological polar surface area (TPSA) is 334 Å². The van der Waals surface area contributed by atoms with Crippen LogP contribution in [-0.2, 0) is 59.7 Å². The summed E-state index contributed by atoms with van der Waals surface area (Å²) in [4.78, 5) is 140. The van der Waals surface area contributed by atoms with Crippen LogP contribution in [-0.4, -0.2) is 167 Å². The number of fused-ring (bicyclic) bond motifs is 4. The van der Waals surface area contributed by atoms with E-state index in [9.17, 15) is 53.4 Å². The number of nitrogens with one attached hydrogen (secondary N) is 7. The maximum Gasteiger partial charge on any atom is 0.408 e. The molecule has 0 saturated carbocycles. The molecule has 6 aromatic rings. The summed E-state index contributed by atoms with van der Waals surface area (Å²) in [6.45, 7) is 7.17. The van der Waals surface area contributed by atoms with Gasteiger partial charge in [0.05, 0.1) is 48.0 Å². The number of carbonyl (C=O) groups is 9. The number of amides is 7. The van der Waals surface area contributed by atoms with E-state index >= 15 is 0 Å². The Bertz CT molecular complexity index is 3470. The number of aliphatic carboxylic acids is 2. The molecule has 2 unspecified atom stereocenters. The lowest BCUT2D eigenvalue weighted by atomic mass is 10.1. The molecule has 0 bridgehead atoms. The highest BCUT2D eigenvalue weighted by Crippen LogP contribution is 2.29. The number of aromatic amines is 2. The van der Waals surface area contributed by atoms with E-state index in [1.807, 2.05) is 48.5 Å². The van der Waals surface area contributed by atoms with Crippen LogP contribution in [0.4, 0.5) is 16.2 Å². The van der Waals surface area contributed by atoms with Crippen LogP contribution in [0, 0.1) is 0 Å². The summed E-state index contributed by atoms with van der Waals surface area (Å²) in [5, 5.41) is 33.9. The Morgan fingerprint density at radius 3 is 1.53 bits per heavy atom. The zero-order chi connectivity index (χ0) is 63.8. The van der Waals surface area contributed by atoms with E-state index in [1.165, 1.54) is 0 Å². The monoisotopic (exact) mass is 1220 g/mol. The number of rotatable bonds is 29. The van der Waals surface area contributed by atoms with Crippen molar-refractivity contribution in [2.24, 2.45) is 0 Å². The van der Waals surface area contributed by atoms with Crippen LogP contribution in [0.2, 0.25) is 0 Å². The lowest BCUT2D eigenvalue weighted by Crippen LogP contribution is -2.48. The van der Waals surface area contributed by atoms with Crippen LogP contribution in [0.5, 0.6) is 0 Å². The van der Waals surface area contributed by atoms with Crippen LogP contribution < -0.4 is 26.6 Å². The fourth-order valence-corrected chi connectivity index (χ4v) is 10.9. The number of imidazole rings is 2. The minimum atomic E-state index is -1.13. The minimum absolute atomic E-state index is 0.00394. The van der Waals surface area contributed by atoms with Gasteiger partial charge in [0, 0.05) is 82.3 Å². The minimum Gasteiger partial charge on any atom is -0.481 e. The Labute approximate surface area is 516 Å². The van der Waals surface area contributed by atoms with Gasteiger partial charge in [0.15, 0.2) is 0 Å². The number of para-hydroxylation sites is 4. The summed E-state index contributed by atoms with van der Waals surface area (Å²) in [6.07, 6.45) is 3.38. The number of alkyl carbamates (subject to hydrolysis) is 1. The van der Waals surface area contributed by atoms with Gasteiger partial charge in [-0.3, -0.25) is 38.4 Å². The van der Waals surface area contributed by atoms with Crippen molar-refractivity contribution in [3.05, 3.63) is 119 Å². The van der Waals surface area contributed by atoms with Crippen LogP contribution in [0.1, 0.15) is 141 Å². The summed E-state index contributed by atoms with van der Waals surface area (Å²) in [6, 6.07) is 22.3. The molecule has 2 aliphatic heterocycles. The molecule has 2 aliphatic rings. The number of aromatic nitrogens is 4. The molecule has 2 aromatic heterocycles. The summed E-state index contributed by atoms with van der Waals surface area (Å²) < 4.78 is 5.43. The van der Waals surface area contributed by atoms with Crippen molar-refractivity contribution in [3.63, 3.8) is 0 Å². The number of carboxylic acid groups (broad SMARTS) is 2. The smallest absolute Gasteiger partial charge is 0.408 e. The standard InChI is InChI=1S/C64H81N13O12/c1-64(2,3)89-63(88)73-50(58(83)66-29-15-7-9-17-31-77-37-43-33-41(23-25-45(43)68-52(62(77)87)35-57(81)82)60(85)75(5)39-54-71-48-20-12-13-21-49(48)72-54)26-27-55(78)65-28-14-6-8-16-30-76-36-42-32-40(22-24-44(42)67-51(61(76)86)34-56(79)80)59(84)74(4)38-53-69-46-18-10-11-19-47(46)70-53/h10-13,18-25,32-33,50-52,67-68H,6-9,14-17,26-31,34-39H2,1-5H3,(H,65,78)(H,66,83)(H,69,70)(H,71,72)(H,73,88)(H,79,80)(H,81,82)/t50-,51?,52?/m0/s1. The molecule has 8 rings (SSSR count). The van der Waals surface area contributed by atoms with Gasteiger partial charge in [0.2, 0.25) is 23.6 Å². The van der Waals surface area contributed by atoms with E-state index in [1.54, 1.807) is 90.9 Å². The maximum absolute atomic E-state index is 13.8. The van der Waals surface area contributed by atoms with Gasteiger partial charge in [-0.25, -0.2) is 14.8 Å². The van der Waals surface area contributed by atoms with Gasteiger partial charge in [-0.05, 0) is 125 Å². The molecule has 4 aromatic carbocycles. The highest BCUT2D eigenvalue weighted by atomic mass is 16.6. The second kappa shape index (κ2) is 30.4. The molecular formula is C64H81N13O12. The summed E-state index contributed by atoms with van der Waals surface area (Å²) >= 11 is 0. The molecule has 4 heterocycles. The highest BCUT2D eigenvalue weighted by Gasteiger charge is 2.34. The Hall–Kier alpha value is -9.55. The number of nitrogens with zero attached hydrogens (tertiary/aromatic N) is 6. The molecule has 0 spiro atoms. The number of hydrogen-bond acceptors (Lipinski definition) is 14. The normalized spacial score (nSPS) is 15.2. The quantitative estimate of drug-likeness (QED) is 0.0216. The molecule has 3 atom stereocenters. The SMILES string of the molecule is CN(Cc1nc2ccccc2[nH]1)C(=O)c1ccc2c(c1)CN(CCCCCCNC(=O)CC[C@H](NC(=O)OC(C)(C)C)C(=O)NCCCCCCN1Cc3cc(C(=O)N(C)Cc4nc5ccccc5[nH]4)ccc3NC(CC(=O)O)C1=O)C(=O)C(CC(=O)O)N2. The molecule has 25 heteroatoms. The van der Waals surface area contributed by atoms with E-state index in [4.69, 9.17) is 4.74 Å². The largest absolute Gasteiger partial charge is 0.481 e. The Kier molecular flexibility index (Phi) is 22.3. The molecule has 89 heavy (non-hydrogen) atoms. The van der Waals surface area contributed by atoms with Crippen molar-refractivity contribution in [1.29, 1.82) is 0 Å². The number of hydrogen-bond donors (Lipinski definition) is 9. The predicted molar refractivity (Wildman–Crippen MR) is 332 cm³/mol. The number of carbonyl (C=O) groups excluding carboxylic acids is 7. The van der Waals surface area contributed by atoms with Crippen molar-refractivity contribution in [2.45, 2.75) is 148 Å². The lowest BCUT2D eigenvalue weighted by Gasteiger charge is -2.24. The van der Waals surface area contributed by atoms with Gasteiger partial charge in [0.25, 0.3) is 11.8 Å². The molecule has 0 saturated heterocycles. The van der Waals surface area contributed by atoms with E-state index in [0.717, 1.165) is 22.1 Å². The molecule has 7 amide bonds. The number of unbranched alkanes of at least 4 members (excludes halogenated alkanes) is 6. The molecule has 0 radical (unpaired) electrons. The number of ether oxygens (including phenoxy) is 1. The average molecular weight is 1220 g/mol. The molecule has 0 aliphatic carbocycles. The van der Waals surface area contributed by atoms with Crippen molar-refractivity contribution in [3.8, 4) is 0 Å². The fraction of sp³-hybridized carbons (Fsp3) is 0.453. The van der Waals surface area contributed by atoms with Crippen LogP contribution in [0.25, 0.3) is 22.1 Å². The van der Waals surface area contributed by atoms with E-state index in [0.29, 0.717) is 116 Å². The predicted octanol–water partition coefficient (Wildman–Crippen LogP) is 6.91. The first-order valence-corrected chi connectivity index (χ1v) is 30.3. The second-order valence-corrected chi connectivity index (χ2v) is 23.8. The lowest BCUT2D eigenvalue weighted by molar-refractivity contribution is -0.141. The van der Waals surface area contributed by atoms with Gasteiger partial charge in [-0.15, -0.1) is 0 Å². The van der Waals surface area contributed by atoms with Crippen molar-refractivity contribution in [1.82, 2.24) is 55.5 Å². The second-order valence-electron chi connectivity index (χ2n) is 23.8. The number of anilines is 2. The van der Waals surface area contributed by atoms with Crippen molar-refractivity contribution >= 4 is 86.9 Å². The number of benzene rings is 4. The van der Waals surface area contributed by atoms with Gasteiger partial charge in [-0.1, -0.05) is 49.9 Å². The first-order valence-electron chi connectivity index (χ1n) is 30.3. The zero-order valence-corrected chi connectivity index (χ0v) is 51.1. The third-order valence-electron chi connectivity index (χ3n) is 15.4. The van der Waals surface area contributed by atoms with Crippen LogP contribution in [0.15, 0.2) is 84.9 Å². The van der Waals surface area contributed by atoms with Gasteiger partial charge >= 0.3 is 18.0 Å².